The molecule has 8 heteroatoms. The minimum absolute atomic E-state index is 0.000657. The van der Waals surface area contributed by atoms with Crippen LogP contribution in [0.15, 0.2) is 49.1 Å². The van der Waals surface area contributed by atoms with Crippen molar-refractivity contribution >= 4 is 5.95 Å². The van der Waals surface area contributed by atoms with Gasteiger partial charge in [0.25, 0.3) is 0 Å². The van der Waals surface area contributed by atoms with Crippen LogP contribution in [0.4, 0.5) is 10.3 Å². The molecule has 1 aliphatic rings. The molecular formula is C16H15FN6O. The van der Waals surface area contributed by atoms with E-state index < -0.39 is 5.82 Å². The fraction of sp³-hybridized carbons (Fsp3) is 0.250. The monoisotopic (exact) mass is 326 g/mol. The van der Waals surface area contributed by atoms with E-state index in [1.54, 1.807) is 24.7 Å². The van der Waals surface area contributed by atoms with Gasteiger partial charge in [0, 0.05) is 31.3 Å². The summed E-state index contributed by atoms with van der Waals surface area (Å²) in [6, 6.07) is 6.50. The van der Waals surface area contributed by atoms with Gasteiger partial charge in [-0.05, 0) is 24.3 Å². The zero-order valence-corrected chi connectivity index (χ0v) is 12.8. The van der Waals surface area contributed by atoms with E-state index in [0.29, 0.717) is 19.0 Å². The fourth-order valence-corrected chi connectivity index (χ4v) is 2.77. The summed E-state index contributed by atoms with van der Waals surface area (Å²) < 4.78 is 21.2. The quantitative estimate of drug-likeness (QED) is 0.729. The molecule has 4 rings (SSSR count). The van der Waals surface area contributed by atoms with Crippen LogP contribution in [0.5, 0.6) is 5.88 Å². The summed E-state index contributed by atoms with van der Waals surface area (Å²) in [4.78, 5) is 14.6. The molecule has 3 aromatic heterocycles. The number of nitrogens with zero attached hydrogens (tertiary/aromatic N) is 6. The highest BCUT2D eigenvalue weighted by atomic mass is 19.1. The first kappa shape index (κ1) is 14.6. The summed E-state index contributed by atoms with van der Waals surface area (Å²) in [6.07, 6.45) is 6.67. The van der Waals surface area contributed by atoms with Crippen molar-refractivity contribution in [1.82, 2.24) is 24.7 Å². The lowest BCUT2D eigenvalue weighted by atomic mass is 10.2. The van der Waals surface area contributed by atoms with Gasteiger partial charge >= 0.3 is 0 Å². The van der Waals surface area contributed by atoms with Gasteiger partial charge in [0.2, 0.25) is 11.8 Å². The molecule has 1 unspecified atom stereocenters. The highest BCUT2D eigenvalue weighted by molar-refractivity contribution is 5.32. The lowest BCUT2D eigenvalue weighted by Gasteiger charge is -2.33. The molecule has 1 aliphatic heterocycles. The standard InChI is InChI=1S/C16H15FN6O/c17-14-3-1-5-18-15(14)24-11-13-10-22(16-19-6-2-7-20-16)9-12-4-8-21-23(12)13/h1-8,13H,9-11H2. The van der Waals surface area contributed by atoms with Gasteiger partial charge in [-0.2, -0.15) is 5.10 Å². The van der Waals surface area contributed by atoms with Gasteiger partial charge in [0.15, 0.2) is 5.82 Å². The Morgan fingerprint density at radius 1 is 1.08 bits per heavy atom. The van der Waals surface area contributed by atoms with E-state index in [9.17, 15) is 4.39 Å². The molecule has 0 spiro atoms. The van der Waals surface area contributed by atoms with Crippen LogP contribution in [0.3, 0.4) is 0 Å². The molecule has 0 saturated heterocycles. The topological polar surface area (TPSA) is 69.0 Å². The Morgan fingerprint density at radius 3 is 2.75 bits per heavy atom. The number of hydrogen-bond donors (Lipinski definition) is 0. The van der Waals surface area contributed by atoms with Crippen LogP contribution >= 0.6 is 0 Å². The highest BCUT2D eigenvalue weighted by Gasteiger charge is 2.27. The van der Waals surface area contributed by atoms with Gasteiger partial charge < -0.3 is 9.64 Å². The van der Waals surface area contributed by atoms with E-state index in [2.05, 4.69) is 25.0 Å². The Kier molecular flexibility index (Phi) is 3.78. The molecule has 0 fully saturated rings. The van der Waals surface area contributed by atoms with Crippen molar-refractivity contribution in [2.75, 3.05) is 18.1 Å². The van der Waals surface area contributed by atoms with Gasteiger partial charge in [-0.3, -0.25) is 4.68 Å². The third-order valence-electron chi connectivity index (χ3n) is 3.85. The summed E-state index contributed by atoms with van der Waals surface area (Å²) in [5.41, 5.74) is 1.03. The summed E-state index contributed by atoms with van der Waals surface area (Å²) >= 11 is 0. The van der Waals surface area contributed by atoms with Crippen LogP contribution in [0.25, 0.3) is 0 Å². The Bertz CT molecular complexity index is 824. The van der Waals surface area contributed by atoms with Crippen molar-refractivity contribution in [1.29, 1.82) is 0 Å². The minimum atomic E-state index is -0.475. The molecule has 1 atom stereocenters. The van der Waals surface area contributed by atoms with E-state index in [1.807, 2.05) is 10.7 Å². The fourth-order valence-electron chi connectivity index (χ4n) is 2.77. The smallest absolute Gasteiger partial charge is 0.250 e. The zero-order chi connectivity index (χ0) is 16.4. The third kappa shape index (κ3) is 2.78. The summed E-state index contributed by atoms with van der Waals surface area (Å²) in [6.45, 7) is 1.54. The maximum Gasteiger partial charge on any atom is 0.250 e. The maximum absolute atomic E-state index is 13.7. The highest BCUT2D eigenvalue weighted by Crippen LogP contribution is 2.24. The predicted molar refractivity (Wildman–Crippen MR) is 84.0 cm³/mol. The first-order chi connectivity index (χ1) is 11.8. The van der Waals surface area contributed by atoms with Gasteiger partial charge in [-0.25, -0.2) is 19.3 Å². The van der Waals surface area contributed by atoms with Crippen LogP contribution in [-0.4, -0.2) is 37.9 Å². The van der Waals surface area contributed by atoms with Crippen LogP contribution in [-0.2, 0) is 6.54 Å². The minimum Gasteiger partial charge on any atom is -0.473 e. The van der Waals surface area contributed by atoms with E-state index in [4.69, 9.17) is 4.74 Å². The number of aromatic nitrogens is 5. The Labute approximate surface area is 137 Å². The Hall–Kier alpha value is -3.03. The van der Waals surface area contributed by atoms with Gasteiger partial charge in [0.1, 0.15) is 12.6 Å². The lowest BCUT2D eigenvalue weighted by molar-refractivity contribution is 0.213. The molecule has 7 nitrogen and oxygen atoms in total. The number of ether oxygens (including phenoxy) is 1. The van der Waals surface area contributed by atoms with E-state index >= 15 is 0 Å². The molecule has 0 aromatic carbocycles. The first-order valence-electron chi connectivity index (χ1n) is 7.59. The van der Waals surface area contributed by atoms with Crippen molar-refractivity contribution in [2.45, 2.75) is 12.6 Å². The molecular weight excluding hydrogens is 311 g/mol. The second-order valence-corrected chi connectivity index (χ2v) is 5.45. The SMILES string of the molecule is Fc1cccnc1OCC1CN(c2ncccn2)Cc2ccnn21. The van der Waals surface area contributed by atoms with Crippen molar-refractivity contribution < 1.29 is 9.13 Å². The zero-order valence-electron chi connectivity index (χ0n) is 12.8. The molecule has 3 aromatic rings. The largest absolute Gasteiger partial charge is 0.473 e. The number of rotatable bonds is 4. The molecule has 24 heavy (non-hydrogen) atoms. The average Bonchev–Trinajstić information content (AvgIpc) is 3.10. The van der Waals surface area contributed by atoms with E-state index in [1.165, 1.54) is 18.3 Å². The summed E-state index contributed by atoms with van der Waals surface area (Å²) in [7, 11) is 0. The predicted octanol–water partition coefficient (Wildman–Crippen LogP) is 1.85. The number of anilines is 1. The van der Waals surface area contributed by atoms with Crippen molar-refractivity contribution in [3.8, 4) is 5.88 Å². The Morgan fingerprint density at radius 2 is 1.92 bits per heavy atom. The normalized spacial score (nSPS) is 16.7. The number of halogens is 1. The Balaban J connectivity index is 1.55. The summed E-state index contributed by atoms with van der Waals surface area (Å²) in [5.74, 6) is 0.176. The number of pyridine rings is 1. The van der Waals surface area contributed by atoms with Crippen molar-refractivity contribution in [2.24, 2.45) is 0 Å². The molecule has 0 aliphatic carbocycles. The van der Waals surface area contributed by atoms with Crippen molar-refractivity contribution in [3.63, 3.8) is 0 Å². The first-order valence-corrected chi connectivity index (χ1v) is 7.59. The average molecular weight is 326 g/mol. The molecule has 0 saturated carbocycles. The third-order valence-corrected chi connectivity index (χ3v) is 3.85. The van der Waals surface area contributed by atoms with Crippen LogP contribution in [0.1, 0.15) is 11.7 Å². The van der Waals surface area contributed by atoms with Crippen LogP contribution < -0.4 is 9.64 Å². The van der Waals surface area contributed by atoms with Gasteiger partial charge in [0.05, 0.1) is 12.2 Å². The number of fused-ring (bicyclic) bond motifs is 1. The van der Waals surface area contributed by atoms with Crippen LogP contribution in [0.2, 0.25) is 0 Å². The molecule has 4 heterocycles. The maximum atomic E-state index is 13.7. The molecule has 122 valence electrons. The van der Waals surface area contributed by atoms with E-state index in [0.717, 1.165) is 5.69 Å². The molecule has 0 radical (unpaired) electrons. The van der Waals surface area contributed by atoms with Crippen molar-refractivity contribution in [3.05, 3.63) is 60.6 Å². The molecule has 0 amide bonds. The van der Waals surface area contributed by atoms with Gasteiger partial charge in [-0.1, -0.05) is 0 Å². The lowest BCUT2D eigenvalue weighted by Crippen LogP contribution is -2.41. The molecule has 0 bridgehead atoms. The second kappa shape index (κ2) is 6.23. The number of hydrogen-bond acceptors (Lipinski definition) is 6. The molecule has 0 N–H and O–H groups in total. The van der Waals surface area contributed by atoms with Gasteiger partial charge in [-0.15, -0.1) is 0 Å². The van der Waals surface area contributed by atoms with Crippen LogP contribution in [0, 0.1) is 5.82 Å². The summed E-state index contributed by atoms with van der Waals surface area (Å²) in [5, 5.41) is 4.36. The van der Waals surface area contributed by atoms with E-state index in [-0.39, 0.29) is 18.5 Å². The second-order valence-electron chi connectivity index (χ2n) is 5.45.